The van der Waals surface area contributed by atoms with Gasteiger partial charge in [-0.15, -0.1) is 0 Å². The molecule has 136 valence electrons. The second-order valence-corrected chi connectivity index (χ2v) is 6.93. The SMILES string of the molecule is CC(=CC(O)CC(C)(O)CCCc1ccoc1)CC=Cc1ccoc1. The van der Waals surface area contributed by atoms with Crippen molar-refractivity contribution in [2.45, 2.75) is 57.7 Å². The van der Waals surface area contributed by atoms with Crippen molar-refractivity contribution in [1.82, 2.24) is 0 Å². The van der Waals surface area contributed by atoms with Gasteiger partial charge in [0.05, 0.1) is 36.8 Å². The van der Waals surface area contributed by atoms with E-state index in [9.17, 15) is 10.2 Å². The van der Waals surface area contributed by atoms with Crippen LogP contribution in [0, 0.1) is 0 Å². The molecular weight excluding hydrogens is 316 g/mol. The molecule has 2 atom stereocenters. The topological polar surface area (TPSA) is 66.7 Å². The number of aryl methyl sites for hydroxylation is 1. The highest BCUT2D eigenvalue weighted by Crippen LogP contribution is 2.22. The van der Waals surface area contributed by atoms with Gasteiger partial charge in [-0.2, -0.15) is 0 Å². The Morgan fingerprint density at radius 1 is 1.24 bits per heavy atom. The third-order valence-corrected chi connectivity index (χ3v) is 4.18. The fourth-order valence-electron chi connectivity index (χ4n) is 2.87. The van der Waals surface area contributed by atoms with Gasteiger partial charge in [-0.05, 0) is 57.2 Å². The van der Waals surface area contributed by atoms with Crippen LogP contribution in [0.4, 0.5) is 0 Å². The van der Waals surface area contributed by atoms with Gasteiger partial charge in [-0.1, -0.05) is 23.8 Å². The molecule has 0 radical (unpaired) electrons. The van der Waals surface area contributed by atoms with Crippen molar-refractivity contribution < 1.29 is 19.0 Å². The smallest absolute Gasteiger partial charge is 0.0974 e. The molecule has 4 heteroatoms. The van der Waals surface area contributed by atoms with Crippen LogP contribution in [-0.2, 0) is 6.42 Å². The van der Waals surface area contributed by atoms with Gasteiger partial charge >= 0.3 is 0 Å². The lowest BCUT2D eigenvalue weighted by atomic mass is 9.91. The number of hydrogen-bond donors (Lipinski definition) is 2. The van der Waals surface area contributed by atoms with Gasteiger partial charge in [-0.25, -0.2) is 0 Å². The van der Waals surface area contributed by atoms with Crippen molar-refractivity contribution in [3.63, 3.8) is 0 Å². The highest BCUT2D eigenvalue weighted by atomic mass is 16.3. The molecule has 2 heterocycles. The fourth-order valence-corrected chi connectivity index (χ4v) is 2.87. The maximum Gasteiger partial charge on any atom is 0.0974 e. The van der Waals surface area contributed by atoms with Crippen molar-refractivity contribution in [1.29, 1.82) is 0 Å². The van der Waals surface area contributed by atoms with Gasteiger partial charge < -0.3 is 19.0 Å². The molecule has 0 amide bonds. The van der Waals surface area contributed by atoms with Crippen LogP contribution in [-0.4, -0.2) is 21.9 Å². The normalized spacial score (nSPS) is 16.2. The highest BCUT2D eigenvalue weighted by Gasteiger charge is 2.23. The van der Waals surface area contributed by atoms with E-state index in [0.717, 1.165) is 36.0 Å². The summed E-state index contributed by atoms with van der Waals surface area (Å²) in [5.74, 6) is 0. The molecule has 0 bridgehead atoms. The molecule has 0 aliphatic carbocycles. The Balaban J connectivity index is 1.73. The second-order valence-electron chi connectivity index (χ2n) is 6.93. The van der Waals surface area contributed by atoms with Crippen LogP contribution in [0.15, 0.2) is 63.7 Å². The fraction of sp³-hybridized carbons (Fsp3) is 0.429. The van der Waals surface area contributed by atoms with Crippen molar-refractivity contribution >= 4 is 6.08 Å². The Morgan fingerprint density at radius 2 is 2.00 bits per heavy atom. The monoisotopic (exact) mass is 344 g/mol. The zero-order chi connectivity index (χ0) is 18.1. The van der Waals surface area contributed by atoms with E-state index >= 15 is 0 Å². The summed E-state index contributed by atoms with van der Waals surface area (Å²) < 4.78 is 10.0. The summed E-state index contributed by atoms with van der Waals surface area (Å²) in [5, 5.41) is 20.7. The molecule has 4 nitrogen and oxygen atoms in total. The van der Waals surface area contributed by atoms with Crippen molar-refractivity contribution in [2.24, 2.45) is 0 Å². The third kappa shape index (κ3) is 7.59. The number of allylic oxidation sites excluding steroid dienone is 2. The maximum absolute atomic E-state index is 10.5. The Labute approximate surface area is 149 Å². The summed E-state index contributed by atoms with van der Waals surface area (Å²) >= 11 is 0. The molecule has 2 unspecified atom stereocenters. The summed E-state index contributed by atoms with van der Waals surface area (Å²) in [6.07, 6.45) is 15.4. The molecule has 2 aromatic rings. The summed E-state index contributed by atoms with van der Waals surface area (Å²) in [4.78, 5) is 0. The maximum atomic E-state index is 10.5. The minimum atomic E-state index is -0.882. The summed E-state index contributed by atoms with van der Waals surface area (Å²) in [6, 6.07) is 3.83. The Hall–Kier alpha value is -2.04. The van der Waals surface area contributed by atoms with Crippen molar-refractivity contribution in [3.05, 3.63) is 66.0 Å². The van der Waals surface area contributed by atoms with E-state index in [-0.39, 0.29) is 0 Å². The summed E-state index contributed by atoms with van der Waals surface area (Å²) in [6.45, 7) is 3.77. The second kappa shape index (κ2) is 9.44. The predicted octanol–water partition coefficient (Wildman–Crippen LogP) is 4.75. The van der Waals surface area contributed by atoms with Crippen LogP contribution in [0.5, 0.6) is 0 Å². The summed E-state index contributed by atoms with van der Waals surface area (Å²) in [5.41, 5.74) is 2.35. The number of hydrogen-bond acceptors (Lipinski definition) is 4. The first kappa shape index (κ1) is 19.3. The molecule has 0 aliphatic rings. The van der Waals surface area contributed by atoms with Gasteiger partial charge in [0, 0.05) is 12.0 Å². The first-order chi connectivity index (χ1) is 11.9. The van der Waals surface area contributed by atoms with E-state index in [2.05, 4.69) is 0 Å². The van der Waals surface area contributed by atoms with Crippen LogP contribution in [0.2, 0.25) is 0 Å². The zero-order valence-corrected chi connectivity index (χ0v) is 15.0. The molecule has 0 fully saturated rings. The Kier molecular flexibility index (Phi) is 7.29. The molecule has 2 N–H and O–H groups in total. The minimum Gasteiger partial charge on any atom is -0.472 e. The molecule has 2 aromatic heterocycles. The van der Waals surface area contributed by atoms with Crippen LogP contribution >= 0.6 is 0 Å². The highest BCUT2D eigenvalue weighted by molar-refractivity contribution is 5.47. The molecule has 0 aliphatic heterocycles. The first-order valence-corrected chi connectivity index (χ1v) is 8.72. The van der Waals surface area contributed by atoms with Crippen LogP contribution in [0.3, 0.4) is 0 Å². The Bertz CT molecular complexity index is 648. The number of aliphatic hydroxyl groups is 2. The average Bonchev–Trinajstić information content (AvgIpc) is 3.19. The first-order valence-electron chi connectivity index (χ1n) is 8.72. The standard InChI is InChI=1S/C21H28O4/c1-17(5-3-6-18-8-11-24-15-18)13-20(22)14-21(2,23)10-4-7-19-9-12-25-16-19/h3,6,8-9,11-13,15-16,20,22-23H,4-5,7,10,14H2,1-2H3. The molecule has 0 saturated carbocycles. The Morgan fingerprint density at radius 3 is 2.68 bits per heavy atom. The largest absolute Gasteiger partial charge is 0.472 e. The van der Waals surface area contributed by atoms with Crippen molar-refractivity contribution in [2.75, 3.05) is 0 Å². The quantitative estimate of drug-likeness (QED) is 0.611. The lowest BCUT2D eigenvalue weighted by Crippen LogP contribution is -2.29. The van der Waals surface area contributed by atoms with Crippen LogP contribution in [0.1, 0.15) is 50.7 Å². The molecule has 0 saturated heterocycles. The van der Waals surface area contributed by atoms with Gasteiger partial charge in [-0.3, -0.25) is 0 Å². The van der Waals surface area contributed by atoms with E-state index in [4.69, 9.17) is 8.83 Å². The lowest BCUT2D eigenvalue weighted by Gasteiger charge is -2.25. The van der Waals surface area contributed by atoms with Gasteiger partial charge in [0.1, 0.15) is 0 Å². The van der Waals surface area contributed by atoms with E-state index < -0.39 is 11.7 Å². The summed E-state index contributed by atoms with van der Waals surface area (Å²) in [7, 11) is 0. The van der Waals surface area contributed by atoms with E-state index in [1.165, 1.54) is 0 Å². The van der Waals surface area contributed by atoms with Crippen LogP contribution < -0.4 is 0 Å². The van der Waals surface area contributed by atoms with Crippen LogP contribution in [0.25, 0.3) is 6.08 Å². The van der Waals surface area contributed by atoms with E-state index in [1.54, 1.807) is 32.0 Å². The molecule has 2 rings (SSSR count). The lowest BCUT2D eigenvalue weighted by molar-refractivity contribution is 0.00815. The molecule has 25 heavy (non-hydrogen) atoms. The van der Waals surface area contributed by atoms with Crippen molar-refractivity contribution in [3.8, 4) is 0 Å². The van der Waals surface area contributed by atoms with E-state index in [1.807, 2.05) is 37.3 Å². The average molecular weight is 344 g/mol. The molecular formula is C21H28O4. The van der Waals surface area contributed by atoms with Gasteiger partial charge in [0.2, 0.25) is 0 Å². The zero-order valence-electron chi connectivity index (χ0n) is 15.0. The minimum absolute atomic E-state index is 0.334. The number of furan rings is 2. The predicted molar refractivity (Wildman–Crippen MR) is 99.0 cm³/mol. The third-order valence-electron chi connectivity index (χ3n) is 4.18. The molecule has 0 spiro atoms. The molecule has 0 aromatic carbocycles. The number of aliphatic hydroxyl groups excluding tert-OH is 1. The van der Waals surface area contributed by atoms with Gasteiger partial charge in [0.25, 0.3) is 0 Å². The van der Waals surface area contributed by atoms with E-state index in [0.29, 0.717) is 12.8 Å². The number of rotatable bonds is 10. The van der Waals surface area contributed by atoms with Gasteiger partial charge in [0.15, 0.2) is 0 Å².